The second-order valence-corrected chi connectivity index (χ2v) is 6.78. The molecule has 2 aliphatic heterocycles. The molecule has 28 heavy (non-hydrogen) atoms. The number of fused-ring (bicyclic) bond motifs is 1. The topological polar surface area (TPSA) is 67.8 Å². The number of carbonyl (C=O) groups excluding carboxylic acids is 1. The number of ether oxygens (including phenoxy) is 2. The molecule has 0 spiro atoms. The van der Waals surface area contributed by atoms with E-state index in [1.807, 2.05) is 40.2 Å². The van der Waals surface area contributed by atoms with Gasteiger partial charge >= 0.3 is 0 Å². The minimum absolute atomic E-state index is 0.00740. The van der Waals surface area contributed by atoms with Crippen LogP contribution in [-0.4, -0.2) is 53.7 Å². The minimum atomic E-state index is -0.00740. The van der Waals surface area contributed by atoms with Crippen LogP contribution in [0.3, 0.4) is 0 Å². The van der Waals surface area contributed by atoms with E-state index in [-0.39, 0.29) is 12.7 Å². The molecule has 0 atom stereocenters. The smallest absolute Gasteiger partial charge is 0.246 e. The maximum atomic E-state index is 12.4. The normalized spacial score (nSPS) is 16.3. The number of halogens is 1. The Labute approximate surface area is 167 Å². The largest absolute Gasteiger partial charge is 0.454 e. The quantitative estimate of drug-likeness (QED) is 0.582. The highest BCUT2D eigenvalue weighted by atomic mass is 35.5. The Morgan fingerprint density at radius 2 is 1.79 bits per heavy atom. The Hall–Kier alpha value is -3.06. The summed E-state index contributed by atoms with van der Waals surface area (Å²) in [6, 6.07) is 5.73. The van der Waals surface area contributed by atoms with E-state index in [0.717, 1.165) is 17.1 Å². The number of amides is 1. The van der Waals surface area contributed by atoms with Crippen LogP contribution in [0.2, 0.25) is 5.02 Å². The molecule has 2 aliphatic rings. The van der Waals surface area contributed by atoms with E-state index in [1.54, 1.807) is 24.5 Å². The van der Waals surface area contributed by atoms with Crippen LogP contribution in [0.5, 0.6) is 11.5 Å². The molecule has 7 nitrogen and oxygen atoms in total. The van der Waals surface area contributed by atoms with E-state index in [4.69, 9.17) is 21.1 Å². The molecule has 144 valence electrons. The molecule has 1 fully saturated rings. The van der Waals surface area contributed by atoms with E-state index >= 15 is 0 Å². The van der Waals surface area contributed by atoms with Crippen molar-refractivity contribution in [2.45, 2.75) is 0 Å². The highest BCUT2D eigenvalue weighted by molar-refractivity contribution is 6.30. The molecule has 0 aliphatic carbocycles. The molecule has 1 aromatic heterocycles. The van der Waals surface area contributed by atoms with Gasteiger partial charge in [0.25, 0.3) is 0 Å². The van der Waals surface area contributed by atoms with Gasteiger partial charge in [0.1, 0.15) is 0 Å². The number of hydrogen-bond donors (Lipinski definition) is 0. The molecular weight excluding hydrogens is 380 g/mol. The molecule has 1 amide bonds. The van der Waals surface area contributed by atoms with Gasteiger partial charge in [-0.25, -0.2) is 9.97 Å². The van der Waals surface area contributed by atoms with Crippen LogP contribution in [0.1, 0.15) is 5.56 Å². The van der Waals surface area contributed by atoms with Crippen molar-refractivity contribution < 1.29 is 14.3 Å². The predicted molar refractivity (Wildman–Crippen MR) is 107 cm³/mol. The molecule has 2 aromatic rings. The maximum Gasteiger partial charge on any atom is 0.246 e. The average Bonchev–Trinajstić information content (AvgIpc) is 3.20. The van der Waals surface area contributed by atoms with Crippen LogP contribution in [0, 0.1) is 0 Å². The van der Waals surface area contributed by atoms with Crippen LogP contribution >= 0.6 is 11.6 Å². The fraction of sp³-hybridized carbons (Fsp3) is 0.250. The van der Waals surface area contributed by atoms with Crippen LogP contribution in [-0.2, 0) is 4.79 Å². The van der Waals surface area contributed by atoms with E-state index in [0.29, 0.717) is 37.1 Å². The first kappa shape index (κ1) is 18.3. The Kier molecular flexibility index (Phi) is 5.43. The lowest BCUT2D eigenvalue weighted by Gasteiger charge is -2.34. The van der Waals surface area contributed by atoms with Gasteiger partial charge < -0.3 is 19.3 Å². The van der Waals surface area contributed by atoms with Crippen LogP contribution in [0.25, 0.3) is 6.08 Å². The third-order valence-corrected chi connectivity index (χ3v) is 4.71. The summed E-state index contributed by atoms with van der Waals surface area (Å²) in [7, 11) is 0. The van der Waals surface area contributed by atoms with Crippen LogP contribution in [0.4, 0.5) is 5.95 Å². The van der Waals surface area contributed by atoms with Crippen molar-refractivity contribution in [3.05, 3.63) is 59.4 Å². The molecule has 0 unspecified atom stereocenters. The summed E-state index contributed by atoms with van der Waals surface area (Å²) >= 11 is 5.82. The molecule has 8 heteroatoms. The maximum absolute atomic E-state index is 12.4. The minimum Gasteiger partial charge on any atom is -0.454 e. The lowest BCUT2D eigenvalue weighted by molar-refractivity contribution is -0.126. The van der Waals surface area contributed by atoms with Gasteiger partial charge in [-0.3, -0.25) is 4.79 Å². The van der Waals surface area contributed by atoms with Crippen molar-refractivity contribution in [2.75, 3.05) is 37.9 Å². The molecular formula is C20H19ClN4O3. The molecule has 0 saturated carbocycles. The molecule has 0 N–H and O–H groups in total. The van der Waals surface area contributed by atoms with Crippen molar-refractivity contribution in [3.63, 3.8) is 0 Å². The Balaban J connectivity index is 1.27. The second-order valence-electron chi connectivity index (χ2n) is 6.34. The van der Waals surface area contributed by atoms with E-state index in [1.165, 1.54) is 0 Å². The van der Waals surface area contributed by atoms with Gasteiger partial charge in [0, 0.05) is 32.3 Å². The number of rotatable bonds is 4. The van der Waals surface area contributed by atoms with Gasteiger partial charge in [-0.05, 0) is 17.7 Å². The van der Waals surface area contributed by atoms with E-state index < -0.39 is 0 Å². The SMILES string of the molecule is O=C(/C=C/C=C/c1ccc2c(c1)OCO2)N1CCN(c2ncc(Cl)cn2)CC1. The number of hydrogen-bond acceptors (Lipinski definition) is 6. The van der Waals surface area contributed by atoms with Gasteiger partial charge in [-0.15, -0.1) is 0 Å². The van der Waals surface area contributed by atoms with E-state index in [2.05, 4.69) is 9.97 Å². The molecule has 1 aromatic carbocycles. The summed E-state index contributed by atoms with van der Waals surface area (Å²) in [6.07, 6.45) is 10.3. The molecule has 1 saturated heterocycles. The number of anilines is 1. The molecule has 0 radical (unpaired) electrons. The Morgan fingerprint density at radius 3 is 2.57 bits per heavy atom. The highest BCUT2D eigenvalue weighted by Crippen LogP contribution is 2.32. The number of piperazine rings is 1. The summed E-state index contributed by atoms with van der Waals surface area (Å²) in [4.78, 5) is 24.7. The number of benzene rings is 1. The summed E-state index contributed by atoms with van der Waals surface area (Å²) in [5.74, 6) is 2.13. The van der Waals surface area contributed by atoms with Gasteiger partial charge in [-0.2, -0.15) is 0 Å². The number of nitrogens with zero attached hydrogens (tertiary/aromatic N) is 4. The third kappa shape index (κ3) is 4.26. The highest BCUT2D eigenvalue weighted by Gasteiger charge is 2.21. The summed E-state index contributed by atoms with van der Waals surface area (Å²) < 4.78 is 10.6. The zero-order valence-corrected chi connectivity index (χ0v) is 15.9. The monoisotopic (exact) mass is 398 g/mol. The summed E-state index contributed by atoms with van der Waals surface area (Å²) in [5.41, 5.74) is 0.984. The number of allylic oxidation sites excluding steroid dienone is 2. The van der Waals surface area contributed by atoms with Crippen LogP contribution < -0.4 is 14.4 Å². The zero-order chi connectivity index (χ0) is 19.3. The Morgan fingerprint density at radius 1 is 1.04 bits per heavy atom. The van der Waals surface area contributed by atoms with Crippen molar-refractivity contribution in [1.82, 2.24) is 14.9 Å². The van der Waals surface area contributed by atoms with Crippen molar-refractivity contribution in [3.8, 4) is 11.5 Å². The first-order valence-electron chi connectivity index (χ1n) is 8.95. The van der Waals surface area contributed by atoms with Gasteiger partial charge in [-0.1, -0.05) is 35.9 Å². The standard InChI is InChI=1S/C20H19ClN4O3/c21-16-12-22-20(23-13-16)25-9-7-24(8-10-25)19(26)4-2-1-3-15-5-6-17-18(11-15)28-14-27-17/h1-6,11-13H,7-10,14H2/b3-1+,4-2+. The fourth-order valence-electron chi connectivity index (χ4n) is 3.02. The summed E-state index contributed by atoms with van der Waals surface area (Å²) in [6.45, 7) is 2.89. The second kappa shape index (κ2) is 8.31. The van der Waals surface area contributed by atoms with Gasteiger partial charge in [0.2, 0.25) is 18.6 Å². The van der Waals surface area contributed by atoms with Gasteiger partial charge in [0.15, 0.2) is 11.5 Å². The molecule has 0 bridgehead atoms. The first-order valence-corrected chi connectivity index (χ1v) is 9.33. The van der Waals surface area contributed by atoms with Crippen molar-refractivity contribution in [1.29, 1.82) is 0 Å². The van der Waals surface area contributed by atoms with Crippen LogP contribution in [0.15, 0.2) is 48.8 Å². The molecule has 4 rings (SSSR count). The average molecular weight is 399 g/mol. The first-order chi connectivity index (χ1) is 13.7. The van der Waals surface area contributed by atoms with E-state index in [9.17, 15) is 4.79 Å². The summed E-state index contributed by atoms with van der Waals surface area (Å²) in [5, 5.41) is 0.511. The fourth-order valence-corrected chi connectivity index (χ4v) is 3.12. The predicted octanol–water partition coefficient (Wildman–Crippen LogP) is 2.78. The third-order valence-electron chi connectivity index (χ3n) is 4.52. The van der Waals surface area contributed by atoms with Gasteiger partial charge in [0.05, 0.1) is 17.4 Å². The lowest BCUT2D eigenvalue weighted by atomic mass is 10.2. The lowest BCUT2D eigenvalue weighted by Crippen LogP contribution is -2.48. The number of aromatic nitrogens is 2. The Bertz CT molecular complexity index is 906. The van der Waals surface area contributed by atoms with Crippen molar-refractivity contribution in [2.24, 2.45) is 0 Å². The molecule has 3 heterocycles. The number of carbonyl (C=O) groups is 1. The zero-order valence-electron chi connectivity index (χ0n) is 15.1. The van der Waals surface area contributed by atoms with Crippen molar-refractivity contribution >= 4 is 29.5 Å².